The molecule has 0 spiro atoms. The number of carbonyl (C=O) groups is 1. The second-order valence-electron chi connectivity index (χ2n) is 5.12. The minimum absolute atomic E-state index is 0.103. The number of hydrogen-bond donors (Lipinski definition) is 2. The van der Waals surface area contributed by atoms with Crippen LogP contribution in [0, 0.1) is 0 Å². The van der Waals surface area contributed by atoms with E-state index in [1.165, 1.54) is 5.56 Å². The molecule has 2 aromatic carbocycles. The third-order valence-electron chi connectivity index (χ3n) is 3.71. The van der Waals surface area contributed by atoms with E-state index in [0.29, 0.717) is 13.0 Å². The van der Waals surface area contributed by atoms with E-state index in [1.54, 1.807) is 0 Å². The standard InChI is InChI=1S/C17H17NO3/c18-10-9-11-3-2-6-14-16(11)13-5-1-4-12(17(13)21-14)7-8-15(19)20/h1-6H,7-10,18H2,(H,19,20). The molecule has 3 rings (SSSR count). The van der Waals surface area contributed by atoms with Crippen LogP contribution in [0.1, 0.15) is 17.5 Å². The molecule has 0 saturated carbocycles. The van der Waals surface area contributed by atoms with Crippen LogP contribution in [0.5, 0.6) is 0 Å². The van der Waals surface area contributed by atoms with Gasteiger partial charge < -0.3 is 15.3 Å². The number of aryl methyl sites for hydroxylation is 1. The minimum Gasteiger partial charge on any atom is -0.481 e. The van der Waals surface area contributed by atoms with E-state index < -0.39 is 5.97 Å². The maximum absolute atomic E-state index is 10.8. The van der Waals surface area contributed by atoms with Gasteiger partial charge in [0.05, 0.1) is 0 Å². The predicted octanol–water partition coefficient (Wildman–Crippen LogP) is 3.10. The minimum atomic E-state index is -0.799. The first kappa shape index (κ1) is 13.6. The van der Waals surface area contributed by atoms with Crippen LogP contribution in [0.15, 0.2) is 40.8 Å². The lowest BCUT2D eigenvalue weighted by molar-refractivity contribution is -0.136. The molecule has 0 radical (unpaired) electrons. The van der Waals surface area contributed by atoms with E-state index in [2.05, 4.69) is 6.07 Å². The molecule has 21 heavy (non-hydrogen) atoms. The molecule has 1 heterocycles. The summed E-state index contributed by atoms with van der Waals surface area (Å²) in [6.45, 7) is 0.588. The van der Waals surface area contributed by atoms with E-state index in [9.17, 15) is 4.79 Å². The Kier molecular flexibility index (Phi) is 3.62. The first-order chi connectivity index (χ1) is 10.2. The topological polar surface area (TPSA) is 76.5 Å². The quantitative estimate of drug-likeness (QED) is 0.754. The molecule has 3 N–H and O–H groups in total. The number of carboxylic acids is 1. The summed E-state index contributed by atoms with van der Waals surface area (Å²) in [5.74, 6) is -0.799. The van der Waals surface area contributed by atoms with Crippen molar-refractivity contribution in [2.75, 3.05) is 6.54 Å². The van der Waals surface area contributed by atoms with Crippen molar-refractivity contribution in [2.45, 2.75) is 19.3 Å². The molecule has 0 aliphatic rings. The summed E-state index contributed by atoms with van der Waals surface area (Å²) in [5.41, 5.74) is 9.41. The molecule has 0 amide bonds. The van der Waals surface area contributed by atoms with Gasteiger partial charge in [-0.25, -0.2) is 0 Å². The SMILES string of the molecule is NCCc1cccc2oc3c(CCC(=O)O)cccc3c12. The van der Waals surface area contributed by atoms with Crippen LogP contribution in [-0.4, -0.2) is 17.6 Å². The lowest BCUT2D eigenvalue weighted by Crippen LogP contribution is -2.02. The van der Waals surface area contributed by atoms with Crippen molar-refractivity contribution in [1.29, 1.82) is 0 Å². The Hall–Kier alpha value is -2.33. The smallest absolute Gasteiger partial charge is 0.303 e. The molecule has 0 unspecified atom stereocenters. The molecular formula is C17H17NO3. The molecule has 108 valence electrons. The number of carboxylic acid groups (broad SMARTS) is 1. The second kappa shape index (κ2) is 5.58. The van der Waals surface area contributed by atoms with Crippen molar-refractivity contribution in [2.24, 2.45) is 5.73 Å². The molecule has 0 saturated heterocycles. The van der Waals surface area contributed by atoms with Crippen molar-refractivity contribution < 1.29 is 14.3 Å². The van der Waals surface area contributed by atoms with Crippen LogP contribution in [0.3, 0.4) is 0 Å². The van der Waals surface area contributed by atoms with Crippen LogP contribution in [0.2, 0.25) is 0 Å². The van der Waals surface area contributed by atoms with Gasteiger partial charge in [0, 0.05) is 17.2 Å². The highest BCUT2D eigenvalue weighted by atomic mass is 16.4. The van der Waals surface area contributed by atoms with Gasteiger partial charge in [0.15, 0.2) is 0 Å². The van der Waals surface area contributed by atoms with Gasteiger partial charge in [-0.15, -0.1) is 0 Å². The largest absolute Gasteiger partial charge is 0.481 e. The first-order valence-corrected chi connectivity index (χ1v) is 7.04. The Bertz CT molecular complexity index is 804. The van der Waals surface area contributed by atoms with Gasteiger partial charge in [-0.3, -0.25) is 4.79 Å². The summed E-state index contributed by atoms with van der Waals surface area (Å²) in [6.07, 6.45) is 1.37. The third kappa shape index (κ3) is 2.50. The summed E-state index contributed by atoms with van der Waals surface area (Å²) in [4.78, 5) is 10.8. The molecular weight excluding hydrogens is 266 g/mol. The Morgan fingerprint density at radius 1 is 1.10 bits per heavy atom. The Morgan fingerprint density at radius 3 is 2.62 bits per heavy atom. The van der Waals surface area contributed by atoms with E-state index in [1.807, 2.05) is 30.3 Å². The van der Waals surface area contributed by atoms with E-state index >= 15 is 0 Å². The van der Waals surface area contributed by atoms with E-state index in [-0.39, 0.29) is 6.42 Å². The monoisotopic (exact) mass is 283 g/mol. The average molecular weight is 283 g/mol. The van der Waals surface area contributed by atoms with Crippen LogP contribution in [0.25, 0.3) is 21.9 Å². The molecule has 0 bridgehead atoms. The van der Waals surface area contributed by atoms with Crippen LogP contribution < -0.4 is 5.73 Å². The molecule has 0 aliphatic carbocycles. The molecule has 4 heteroatoms. The molecule has 1 aromatic heterocycles. The molecule has 0 atom stereocenters. The lowest BCUT2D eigenvalue weighted by Gasteiger charge is -2.01. The highest BCUT2D eigenvalue weighted by Gasteiger charge is 2.13. The van der Waals surface area contributed by atoms with Gasteiger partial charge >= 0.3 is 5.97 Å². The fourth-order valence-electron chi connectivity index (χ4n) is 2.78. The Balaban J connectivity index is 2.19. The summed E-state index contributed by atoms with van der Waals surface area (Å²) in [5, 5.41) is 11.0. The highest BCUT2D eigenvalue weighted by Crippen LogP contribution is 2.33. The van der Waals surface area contributed by atoms with Crippen LogP contribution in [0.4, 0.5) is 0 Å². The number of furan rings is 1. The van der Waals surface area contributed by atoms with Gasteiger partial charge in [0.25, 0.3) is 0 Å². The Morgan fingerprint density at radius 2 is 1.86 bits per heavy atom. The van der Waals surface area contributed by atoms with Crippen LogP contribution >= 0.6 is 0 Å². The zero-order valence-electron chi connectivity index (χ0n) is 11.6. The zero-order chi connectivity index (χ0) is 14.8. The maximum Gasteiger partial charge on any atom is 0.303 e. The number of rotatable bonds is 5. The average Bonchev–Trinajstić information content (AvgIpc) is 2.85. The summed E-state index contributed by atoms with van der Waals surface area (Å²) >= 11 is 0. The zero-order valence-corrected chi connectivity index (χ0v) is 11.6. The molecule has 0 fully saturated rings. The normalized spacial score (nSPS) is 11.3. The fraction of sp³-hybridized carbons (Fsp3) is 0.235. The van der Waals surface area contributed by atoms with Gasteiger partial charge in [0.1, 0.15) is 11.2 Å². The van der Waals surface area contributed by atoms with E-state index in [4.69, 9.17) is 15.3 Å². The fourth-order valence-corrected chi connectivity index (χ4v) is 2.78. The second-order valence-corrected chi connectivity index (χ2v) is 5.12. The van der Waals surface area contributed by atoms with E-state index in [0.717, 1.165) is 33.9 Å². The number of fused-ring (bicyclic) bond motifs is 3. The number of aliphatic carboxylic acids is 1. The van der Waals surface area contributed by atoms with Gasteiger partial charge in [-0.2, -0.15) is 0 Å². The highest BCUT2D eigenvalue weighted by molar-refractivity contribution is 6.07. The van der Waals surface area contributed by atoms with Crippen LogP contribution in [-0.2, 0) is 17.6 Å². The van der Waals surface area contributed by atoms with Crippen molar-refractivity contribution in [1.82, 2.24) is 0 Å². The molecule has 0 aliphatic heterocycles. The van der Waals surface area contributed by atoms with Gasteiger partial charge in [-0.1, -0.05) is 30.3 Å². The first-order valence-electron chi connectivity index (χ1n) is 7.04. The molecule has 4 nitrogen and oxygen atoms in total. The molecule has 3 aromatic rings. The van der Waals surface area contributed by atoms with Crippen molar-refractivity contribution in [3.63, 3.8) is 0 Å². The van der Waals surface area contributed by atoms with Gasteiger partial charge in [0.2, 0.25) is 0 Å². The summed E-state index contributed by atoms with van der Waals surface area (Å²) in [7, 11) is 0. The lowest BCUT2D eigenvalue weighted by atomic mass is 10.0. The number of benzene rings is 2. The number of nitrogens with two attached hydrogens (primary N) is 1. The van der Waals surface area contributed by atoms with Gasteiger partial charge in [-0.05, 0) is 36.6 Å². The van der Waals surface area contributed by atoms with Crippen molar-refractivity contribution in [3.05, 3.63) is 47.5 Å². The number of hydrogen-bond acceptors (Lipinski definition) is 3. The number of para-hydroxylation sites is 1. The third-order valence-corrected chi connectivity index (χ3v) is 3.71. The Labute approximate surface area is 122 Å². The summed E-state index contributed by atoms with van der Waals surface area (Å²) < 4.78 is 5.97. The van der Waals surface area contributed by atoms with Crippen molar-refractivity contribution in [3.8, 4) is 0 Å². The maximum atomic E-state index is 10.8. The predicted molar refractivity (Wildman–Crippen MR) is 82.4 cm³/mol. The van der Waals surface area contributed by atoms with Crippen molar-refractivity contribution >= 4 is 27.9 Å². The summed E-state index contributed by atoms with van der Waals surface area (Å²) in [6, 6.07) is 11.9.